The van der Waals surface area contributed by atoms with E-state index in [1.807, 2.05) is 0 Å². The zero-order valence-corrected chi connectivity index (χ0v) is 39.2. The average Bonchev–Trinajstić information content (AvgIpc) is 3.23. The van der Waals surface area contributed by atoms with Crippen LogP contribution in [0.1, 0.15) is 219 Å². The minimum Gasteiger partial charge on any atom is -0.394 e. The molecular weight excluding hydrogens is 803 g/mol. The van der Waals surface area contributed by atoms with Crippen LogP contribution in [0.5, 0.6) is 0 Å². The van der Waals surface area contributed by atoms with Gasteiger partial charge in [-0.2, -0.15) is 8.42 Å². The summed E-state index contributed by atoms with van der Waals surface area (Å²) in [5.74, 6) is -0.676. The highest BCUT2D eigenvalue weighted by Gasteiger charge is 2.48. The van der Waals surface area contributed by atoms with Crippen LogP contribution in [0, 0.1) is 0 Å². The van der Waals surface area contributed by atoms with Gasteiger partial charge < -0.3 is 40.3 Å². The first-order valence-corrected chi connectivity index (χ1v) is 26.0. The first kappa shape index (κ1) is 57.8. The molecular formula is C47H91NO12S. The van der Waals surface area contributed by atoms with Gasteiger partial charge in [0.1, 0.15) is 30.5 Å². The van der Waals surface area contributed by atoms with E-state index in [-0.39, 0.29) is 6.42 Å². The van der Waals surface area contributed by atoms with Gasteiger partial charge in [0.2, 0.25) is 5.91 Å². The van der Waals surface area contributed by atoms with Crippen molar-refractivity contribution in [2.24, 2.45) is 0 Å². The number of amides is 1. The van der Waals surface area contributed by atoms with E-state index in [0.29, 0.717) is 19.3 Å². The fraction of sp³-hybridized carbons (Fsp3) is 0.936. The van der Waals surface area contributed by atoms with Gasteiger partial charge in [-0.05, 0) is 38.5 Å². The number of unbranched alkanes of at least 4 members (excludes halogenated alkanes) is 27. The Morgan fingerprint density at radius 2 is 1.05 bits per heavy atom. The highest BCUT2D eigenvalue weighted by molar-refractivity contribution is 7.80. The molecule has 14 heteroatoms. The van der Waals surface area contributed by atoms with E-state index in [9.17, 15) is 43.3 Å². The van der Waals surface area contributed by atoms with Gasteiger partial charge in [-0.1, -0.05) is 193 Å². The third-order valence-corrected chi connectivity index (χ3v) is 12.4. The van der Waals surface area contributed by atoms with E-state index >= 15 is 0 Å². The Morgan fingerprint density at radius 1 is 0.639 bits per heavy atom. The number of aliphatic hydroxyl groups is 5. The van der Waals surface area contributed by atoms with Gasteiger partial charge >= 0.3 is 10.4 Å². The topological polar surface area (TPSA) is 212 Å². The Kier molecular flexibility index (Phi) is 36.1. The normalized spacial score (nSPS) is 21.2. The molecule has 1 saturated heterocycles. The van der Waals surface area contributed by atoms with Crippen molar-refractivity contribution in [1.29, 1.82) is 0 Å². The second-order valence-corrected chi connectivity index (χ2v) is 18.6. The molecule has 0 aromatic rings. The maximum atomic E-state index is 13.1. The Hall–Kier alpha value is -1.20. The van der Waals surface area contributed by atoms with Crippen molar-refractivity contribution in [2.75, 3.05) is 13.2 Å². The van der Waals surface area contributed by atoms with E-state index in [0.717, 1.165) is 51.4 Å². The summed E-state index contributed by atoms with van der Waals surface area (Å²) in [4.78, 5) is 13.1. The van der Waals surface area contributed by atoms with E-state index in [1.165, 1.54) is 128 Å². The third-order valence-electron chi connectivity index (χ3n) is 11.9. The lowest BCUT2D eigenvalue weighted by atomic mass is 9.99. The lowest BCUT2D eigenvalue weighted by Crippen LogP contribution is -2.61. The summed E-state index contributed by atoms with van der Waals surface area (Å²) in [6.45, 7) is 3.28. The van der Waals surface area contributed by atoms with Crippen LogP contribution < -0.4 is 5.32 Å². The molecule has 8 unspecified atom stereocenters. The molecule has 0 bridgehead atoms. The van der Waals surface area contributed by atoms with Crippen molar-refractivity contribution in [2.45, 2.75) is 268 Å². The molecule has 362 valence electrons. The molecule has 0 aliphatic carbocycles. The molecule has 1 aliphatic heterocycles. The Labute approximate surface area is 371 Å². The molecule has 61 heavy (non-hydrogen) atoms. The Balaban J connectivity index is 2.53. The number of rotatable bonds is 42. The number of aliphatic hydroxyl groups excluding tert-OH is 5. The SMILES string of the molecule is CCCCCCCCCCC/C=C\CCCCCCC(O)C(=O)NC(COC1OC(CO)C(O)C(OS(=O)(=O)O)C1O)C(O)CCCCCCCCCCCCCCCCC. The molecule has 1 heterocycles. The molecule has 1 aliphatic rings. The van der Waals surface area contributed by atoms with Gasteiger partial charge in [0.25, 0.3) is 0 Å². The molecule has 0 saturated carbocycles. The molecule has 0 spiro atoms. The molecule has 0 aromatic heterocycles. The second kappa shape index (κ2) is 38.1. The van der Waals surface area contributed by atoms with Crippen LogP contribution in [0.2, 0.25) is 0 Å². The smallest absolute Gasteiger partial charge is 0.394 e. The molecule has 13 nitrogen and oxygen atoms in total. The van der Waals surface area contributed by atoms with E-state index in [1.54, 1.807) is 0 Å². The van der Waals surface area contributed by atoms with Crippen molar-refractivity contribution in [3.8, 4) is 0 Å². The molecule has 0 aromatic carbocycles. The standard InChI is InChI=1S/C47H91NO12S/c1-3-5-7-9-11-13-15-17-19-20-22-24-26-28-30-32-34-36-41(51)46(54)48-39(38-58-47-44(53)45(60-61(55,56)57)43(52)42(37-49)59-47)40(50)35-33-31-29-27-25-23-21-18-16-14-12-10-8-6-4-2/h22,24,39-45,47,49-53H,3-21,23,25-38H2,1-2H3,(H,48,54)(H,55,56,57)/b24-22-. The summed E-state index contributed by atoms with van der Waals surface area (Å²) in [6.07, 6.45) is 29.6. The fourth-order valence-electron chi connectivity index (χ4n) is 7.99. The molecule has 0 radical (unpaired) electrons. The minimum atomic E-state index is -5.11. The number of ether oxygens (including phenoxy) is 2. The van der Waals surface area contributed by atoms with E-state index in [2.05, 4.69) is 35.5 Å². The maximum absolute atomic E-state index is 13.1. The zero-order valence-electron chi connectivity index (χ0n) is 38.4. The van der Waals surface area contributed by atoms with Gasteiger partial charge in [-0.15, -0.1) is 0 Å². The van der Waals surface area contributed by atoms with Crippen molar-refractivity contribution in [3.63, 3.8) is 0 Å². The lowest BCUT2D eigenvalue weighted by Gasteiger charge is -2.41. The number of hydrogen-bond acceptors (Lipinski definition) is 11. The summed E-state index contributed by atoms with van der Waals surface area (Å²) in [6, 6.07) is -1.03. The fourth-order valence-corrected chi connectivity index (χ4v) is 8.50. The molecule has 7 N–H and O–H groups in total. The average molecular weight is 894 g/mol. The van der Waals surface area contributed by atoms with E-state index < -0.39 is 78.5 Å². The summed E-state index contributed by atoms with van der Waals surface area (Å²) in [7, 11) is -5.11. The molecule has 1 rings (SSSR count). The second-order valence-electron chi connectivity index (χ2n) is 17.5. The third kappa shape index (κ3) is 30.6. The van der Waals surface area contributed by atoms with Gasteiger partial charge in [-0.3, -0.25) is 9.35 Å². The number of carbonyl (C=O) groups excluding carboxylic acids is 1. The summed E-state index contributed by atoms with van der Waals surface area (Å²) < 4.78 is 47.6. The zero-order chi connectivity index (χ0) is 45.0. The quantitative estimate of drug-likeness (QED) is 0.0174. The van der Waals surface area contributed by atoms with Crippen molar-refractivity contribution in [1.82, 2.24) is 5.32 Å². The molecule has 8 atom stereocenters. The number of nitrogens with one attached hydrogen (secondary N) is 1. The Bertz CT molecular complexity index is 1160. The lowest BCUT2D eigenvalue weighted by molar-refractivity contribution is -0.298. The van der Waals surface area contributed by atoms with Gasteiger partial charge in [-0.25, -0.2) is 4.18 Å². The summed E-state index contributed by atoms with van der Waals surface area (Å²) in [5, 5.41) is 55.4. The van der Waals surface area contributed by atoms with Gasteiger partial charge in [0.05, 0.1) is 25.4 Å². The predicted octanol–water partition coefficient (Wildman–Crippen LogP) is 8.92. The van der Waals surface area contributed by atoms with E-state index in [4.69, 9.17) is 9.47 Å². The number of carbonyl (C=O) groups is 1. The first-order chi connectivity index (χ1) is 29.4. The van der Waals surface area contributed by atoms with Crippen LogP contribution >= 0.6 is 0 Å². The summed E-state index contributed by atoms with van der Waals surface area (Å²) >= 11 is 0. The van der Waals surface area contributed by atoms with Crippen molar-refractivity contribution < 1.29 is 57.0 Å². The number of hydrogen-bond donors (Lipinski definition) is 7. The van der Waals surface area contributed by atoms with Crippen molar-refractivity contribution in [3.05, 3.63) is 12.2 Å². The maximum Gasteiger partial charge on any atom is 0.397 e. The summed E-state index contributed by atoms with van der Waals surface area (Å²) in [5.41, 5.74) is 0. The molecule has 1 fully saturated rings. The van der Waals surface area contributed by atoms with Crippen LogP contribution in [0.3, 0.4) is 0 Å². The monoisotopic (exact) mass is 894 g/mol. The van der Waals surface area contributed by atoms with Crippen LogP contribution in [-0.2, 0) is 28.9 Å². The number of allylic oxidation sites excluding steroid dienone is 2. The minimum absolute atomic E-state index is 0.248. The van der Waals surface area contributed by atoms with Crippen LogP contribution in [0.4, 0.5) is 0 Å². The van der Waals surface area contributed by atoms with Crippen LogP contribution in [-0.4, -0.2) is 107 Å². The Morgan fingerprint density at radius 3 is 1.48 bits per heavy atom. The largest absolute Gasteiger partial charge is 0.397 e. The highest BCUT2D eigenvalue weighted by atomic mass is 32.3. The van der Waals surface area contributed by atoms with Gasteiger partial charge in [0, 0.05) is 0 Å². The van der Waals surface area contributed by atoms with Crippen molar-refractivity contribution >= 4 is 16.3 Å². The molecule has 1 amide bonds. The van der Waals surface area contributed by atoms with Crippen LogP contribution in [0.15, 0.2) is 12.2 Å². The first-order valence-electron chi connectivity index (χ1n) is 24.7. The predicted molar refractivity (Wildman–Crippen MR) is 242 cm³/mol. The van der Waals surface area contributed by atoms with Crippen LogP contribution in [0.25, 0.3) is 0 Å². The highest BCUT2D eigenvalue weighted by Crippen LogP contribution is 2.26. The van der Waals surface area contributed by atoms with Gasteiger partial charge in [0.15, 0.2) is 6.29 Å².